The van der Waals surface area contributed by atoms with Gasteiger partial charge in [0.15, 0.2) is 0 Å². The lowest BCUT2D eigenvalue weighted by Gasteiger charge is -2.05. The van der Waals surface area contributed by atoms with E-state index >= 15 is 0 Å². The molecular weight excluding hydrogens is 194 g/mol. The number of nitrogen functional groups attached to an aromatic ring is 1. The van der Waals surface area contributed by atoms with Crippen LogP contribution >= 0.6 is 0 Å². The lowest BCUT2D eigenvalue weighted by Crippen LogP contribution is -2.01. The van der Waals surface area contributed by atoms with Gasteiger partial charge in [0.2, 0.25) is 0 Å². The Morgan fingerprint density at radius 3 is 2.73 bits per heavy atom. The normalized spacial score (nSPS) is 18.8. The molecule has 4 heteroatoms. The van der Waals surface area contributed by atoms with E-state index in [1.807, 2.05) is 0 Å². The van der Waals surface area contributed by atoms with Crippen molar-refractivity contribution in [3.63, 3.8) is 0 Å². The molecule has 2 rings (SSSR count). The fourth-order valence-corrected chi connectivity index (χ4v) is 1.53. The molecule has 1 aliphatic rings. The molecule has 0 saturated carbocycles. The van der Waals surface area contributed by atoms with Gasteiger partial charge >= 0.3 is 5.97 Å². The topological polar surface area (TPSA) is 72.6 Å². The first-order valence-corrected chi connectivity index (χ1v) is 4.64. The SMILES string of the molecule is Nc1ccccc1/C(O)=C1\CCOC1=O. The number of esters is 1. The number of cyclic esters (lactones) is 1. The summed E-state index contributed by atoms with van der Waals surface area (Å²) in [7, 11) is 0. The van der Waals surface area contributed by atoms with E-state index in [0.717, 1.165) is 0 Å². The third kappa shape index (κ3) is 1.66. The summed E-state index contributed by atoms with van der Waals surface area (Å²) in [4.78, 5) is 11.2. The number of nitrogens with two attached hydrogens (primary N) is 1. The van der Waals surface area contributed by atoms with Crippen LogP contribution in [0.4, 0.5) is 5.69 Å². The number of aliphatic hydroxyl groups is 1. The lowest BCUT2D eigenvalue weighted by molar-refractivity contribution is -0.135. The first-order valence-electron chi connectivity index (χ1n) is 4.64. The van der Waals surface area contributed by atoms with E-state index in [9.17, 15) is 9.90 Å². The second-order valence-electron chi connectivity index (χ2n) is 3.30. The number of benzene rings is 1. The van der Waals surface area contributed by atoms with Gasteiger partial charge < -0.3 is 15.6 Å². The van der Waals surface area contributed by atoms with Crippen molar-refractivity contribution in [3.8, 4) is 0 Å². The number of carbonyl (C=O) groups excluding carboxylic acids is 1. The Bertz CT molecular complexity index is 437. The van der Waals surface area contributed by atoms with Crippen LogP contribution in [-0.2, 0) is 9.53 Å². The summed E-state index contributed by atoms with van der Waals surface area (Å²) in [5.74, 6) is -0.536. The maximum atomic E-state index is 11.2. The zero-order valence-corrected chi connectivity index (χ0v) is 8.06. The van der Waals surface area contributed by atoms with Crippen LogP contribution in [0, 0.1) is 0 Å². The number of hydrogen-bond donors (Lipinski definition) is 2. The summed E-state index contributed by atoms with van der Waals surface area (Å²) >= 11 is 0. The summed E-state index contributed by atoms with van der Waals surface area (Å²) in [5.41, 5.74) is 6.91. The first kappa shape index (κ1) is 9.58. The largest absolute Gasteiger partial charge is 0.507 e. The van der Waals surface area contributed by atoms with Gasteiger partial charge in [0.05, 0.1) is 12.2 Å². The van der Waals surface area contributed by atoms with Gasteiger partial charge in [-0.1, -0.05) is 12.1 Å². The van der Waals surface area contributed by atoms with Crippen LogP contribution in [0.25, 0.3) is 5.76 Å². The van der Waals surface area contributed by atoms with Crippen molar-refractivity contribution in [3.05, 3.63) is 35.4 Å². The Labute approximate surface area is 87.0 Å². The number of anilines is 1. The van der Waals surface area contributed by atoms with Gasteiger partial charge in [-0.05, 0) is 12.1 Å². The van der Waals surface area contributed by atoms with Gasteiger partial charge in [0.25, 0.3) is 0 Å². The highest BCUT2D eigenvalue weighted by molar-refractivity contribution is 5.98. The Hall–Kier alpha value is -1.97. The Balaban J connectivity index is 2.47. The van der Waals surface area contributed by atoms with E-state index in [1.165, 1.54) is 0 Å². The molecule has 1 aromatic carbocycles. The van der Waals surface area contributed by atoms with Crippen molar-refractivity contribution < 1.29 is 14.6 Å². The Morgan fingerprint density at radius 1 is 1.40 bits per heavy atom. The molecule has 0 bridgehead atoms. The molecule has 0 amide bonds. The summed E-state index contributed by atoms with van der Waals surface area (Å²) in [6.07, 6.45) is 0.430. The van der Waals surface area contributed by atoms with E-state index in [4.69, 9.17) is 10.5 Å². The zero-order valence-electron chi connectivity index (χ0n) is 8.06. The molecule has 1 aliphatic heterocycles. The molecule has 0 unspecified atom stereocenters. The molecule has 0 aromatic heterocycles. The average molecular weight is 205 g/mol. The van der Waals surface area contributed by atoms with Crippen molar-refractivity contribution in [1.82, 2.24) is 0 Å². The molecule has 0 atom stereocenters. The fraction of sp³-hybridized carbons (Fsp3) is 0.182. The number of aliphatic hydroxyl groups excluding tert-OH is 1. The maximum absolute atomic E-state index is 11.2. The molecule has 1 aromatic rings. The molecule has 0 aliphatic carbocycles. The second kappa shape index (κ2) is 3.65. The minimum absolute atomic E-state index is 0.0735. The van der Waals surface area contributed by atoms with Crippen molar-refractivity contribution in [2.24, 2.45) is 0 Å². The predicted molar refractivity (Wildman–Crippen MR) is 56.0 cm³/mol. The molecule has 1 heterocycles. The van der Waals surface area contributed by atoms with Crippen LogP contribution in [-0.4, -0.2) is 17.7 Å². The molecule has 78 valence electrons. The lowest BCUT2D eigenvalue weighted by atomic mass is 10.1. The van der Waals surface area contributed by atoms with Crippen LogP contribution < -0.4 is 5.73 Å². The predicted octanol–water partition coefficient (Wildman–Crippen LogP) is 1.48. The molecule has 0 spiro atoms. The van der Waals surface area contributed by atoms with Crippen LogP contribution in [0.2, 0.25) is 0 Å². The molecule has 1 saturated heterocycles. The van der Waals surface area contributed by atoms with E-state index in [1.54, 1.807) is 24.3 Å². The van der Waals surface area contributed by atoms with Gasteiger partial charge in [-0.25, -0.2) is 4.79 Å². The smallest absolute Gasteiger partial charge is 0.337 e. The first-order chi connectivity index (χ1) is 7.20. The number of ether oxygens (including phenoxy) is 1. The van der Waals surface area contributed by atoms with Crippen molar-refractivity contribution in [1.29, 1.82) is 0 Å². The van der Waals surface area contributed by atoms with Crippen molar-refractivity contribution in [2.75, 3.05) is 12.3 Å². The molecular formula is C11H11NO3. The summed E-state index contributed by atoms with van der Waals surface area (Å²) < 4.78 is 4.75. The van der Waals surface area contributed by atoms with Gasteiger partial charge in [-0.2, -0.15) is 0 Å². The fourth-order valence-electron chi connectivity index (χ4n) is 1.53. The highest BCUT2D eigenvalue weighted by Crippen LogP contribution is 2.26. The van der Waals surface area contributed by atoms with Crippen LogP contribution in [0.3, 0.4) is 0 Å². The molecule has 0 radical (unpaired) electrons. The standard InChI is InChI=1S/C11H11NO3/c12-9-4-2-1-3-7(9)10(13)8-5-6-15-11(8)14/h1-4,13H,5-6,12H2/b10-8-. The highest BCUT2D eigenvalue weighted by atomic mass is 16.5. The van der Waals surface area contributed by atoms with Gasteiger partial charge in [-0.3, -0.25) is 0 Å². The van der Waals surface area contributed by atoms with Gasteiger partial charge in [0.1, 0.15) is 5.76 Å². The van der Waals surface area contributed by atoms with E-state index in [0.29, 0.717) is 29.9 Å². The van der Waals surface area contributed by atoms with E-state index in [2.05, 4.69) is 0 Å². The summed E-state index contributed by atoms with van der Waals surface area (Å²) in [6, 6.07) is 6.86. The minimum atomic E-state index is -0.462. The number of rotatable bonds is 1. The quantitative estimate of drug-likeness (QED) is 0.315. The third-order valence-electron chi connectivity index (χ3n) is 2.33. The van der Waals surface area contributed by atoms with Crippen LogP contribution in [0.15, 0.2) is 29.8 Å². The highest BCUT2D eigenvalue weighted by Gasteiger charge is 2.24. The number of para-hydroxylation sites is 1. The van der Waals surface area contributed by atoms with Crippen molar-refractivity contribution >= 4 is 17.4 Å². The van der Waals surface area contributed by atoms with Crippen molar-refractivity contribution in [2.45, 2.75) is 6.42 Å². The molecule has 1 fully saturated rings. The minimum Gasteiger partial charge on any atom is -0.507 e. The zero-order chi connectivity index (χ0) is 10.8. The Kier molecular flexibility index (Phi) is 2.33. The average Bonchev–Trinajstić information content (AvgIpc) is 2.64. The second-order valence-corrected chi connectivity index (χ2v) is 3.30. The Morgan fingerprint density at radius 2 is 2.13 bits per heavy atom. The molecule has 4 nitrogen and oxygen atoms in total. The number of carbonyl (C=O) groups is 1. The summed E-state index contributed by atoms with van der Waals surface area (Å²) in [6.45, 7) is 0.324. The molecule has 15 heavy (non-hydrogen) atoms. The van der Waals surface area contributed by atoms with Crippen LogP contribution in [0.1, 0.15) is 12.0 Å². The molecule has 3 N–H and O–H groups in total. The maximum Gasteiger partial charge on any atom is 0.337 e. The van der Waals surface area contributed by atoms with Gasteiger partial charge in [0, 0.05) is 17.7 Å². The third-order valence-corrected chi connectivity index (χ3v) is 2.33. The van der Waals surface area contributed by atoms with Crippen LogP contribution in [0.5, 0.6) is 0 Å². The summed E-state index contributed by atoms with van der Waals surface area (Å²) in [5, 5.41) is 9.87. The number of hydrogen-bond acceptors (Lipinski definition) is 4. The monoisotopic (exact) mass is 205 g/mol. The van der Waals surface area contributed by atoms with E-state index < -0.39 is 5.97 Å². The van der Waals surface area contributed by atoms with Gasteiger partial charge in [-0.15, -0.1) is 0 Å². The van der Waals surface area contributed by atoms with E-state index in [-0.39, 0.29) is 5.76 Å².